The highest BCUT2D eigenvalue weighted by atomic mass is 35.5. The van der Waals surface area contributed by atoms with Crippen molar-refractivity contribution in [2.45, 2.75) is 38.5 Å². The number of ketones is 1. The SMILES string of the molecule is COC(=O)C1CCCCC1CNC(=O)CCC(=O)c1cc(Cl)ccc1OC. The lowest BCUT2D eigenvalue weighted by Crippen LogP contribution is -2.37. The quantitative estimate of drug-likeness (QED) is 0.538. The summed E-state index contributed by atoms with van der Waals surface area (Å²) < 4.78 is 10.0. The number of amides is 1. The molecule has 27 heavy (non-hydrogen) atoms. The minimum Gasteiger partial charge on any atom is -0.496 e. The molecule has 1 aromatic rings. The van der Waals surface area contributed by atoms with E-state index in [1.165, 1.54) is 14.2 Å². The lowest BCUT2D eigenvalue weighted by molar-refractivity contribution is -0.148. The second-order valence-electron chi connectivity index (χ2n) is 6.75. The zero-order valence-corrected chi connectivity index (χ0v) is 16.5. The minimum atomic E-state index is -0.211. The van der Waals surface area contributed by atoms with Crippen LogP contribution >= 0.6 is 11.6 Å². The predicted molar refractivity (Wildman–Crippen MR) is 102 cm³/mol. The number of hydrogen-bond acceptors (Lipinski definition) is 5. The first kappa shape index (κ1) is 21.2. The van der Waals surface area contributed by atoms with Crippen LogP contribution in [0.4, 0.5) is 0 Å². The standard InChI is InChI=1S/C20H26ClNO5/c1-26-18-9-7-14(21)11-16(18)17(23)8-10-19(24)22-12-13-5-3-4-6-15(13)20(25)27-2/h7,9,11,13,15H,3-6,8,10,12H2,1-2H3,(H,22,24). The van der Waals surface area contributed by atoms with Gasteiger partial charge in [0.15, 0.2) is 5.78 Å². The summed E-state index contributed by atoms with van der Waals surface area (Å²) in [5.41, 5.74) is 0.371. The summed E-state index contributed by atoms with van der Waals surface area (Å²) in [6.45, 7) is 0.424. The molecule has 7 heteroatoms. The van der Waals surface area contributed by atoms with Gasteiger partial charge in [-0.3, -0.25) is 14.4 Å². The molecule has 1 amide bonds. The van der Waals surface area contributed by atoms with Crippen LogP contribution in [0.5, 0.6) is 5.75 Å². The molecule has 0 aliphatic heterocycles. The Morgan fingerprint density at radius 2 is 1.89 bits per heavy atom. The van der Waals surface area contributed by atoms with Crippen LogP contribution in [0.25, 0.3) is 0 Å². The number of rotatable bonds is 8. The third kappa shape index (κ3) is 5.96. The van der Waals surface area contributed by atoms with E-state index >= 15 is 0 Å². The Bertz CT molecular complexity index is 691. The van der Waals surface area contributed by atoms with Crippen molar-refractivity contribution in [2.24, 2.45) is 11.8 Å². The summed E-state index contributed by atoms with van der Waals surface area (Å²) in [5, 5.41) is 3.29. The number of nitrogens with one attached hydrogen (secondary N) is 1. The van der Waals surface area contributed by atoms with Crippen molar-refractivity contribution >= 4 is 29.3 Å². The molecule has 0 spiro atoms. The van der Waals surface area contributed by atoms with Crippen molar-refractivity contribution in [3.63, 3.8) is 0 Å². The van der Waals surface area contributed by atoms with E-state index in [1.807, 2.05) is 0 Å². The molecule has 0 bridgehead atoms. The Labute approximate surface area is 164 Å². The highest BCUT2D eigenvalue weighted by Gasteiger charge is 2.31. The number of carbonyl (C=O) groups is 3. The van der Waals surface area contributed by atoms with Crippen LogP contribution in [-0.4, -0.2) is 38.4 Å². The second-order valence-corrected chi connectivity index (χ2v) is 7.18. The van der Waals surface area contributed by atoms with Crippen LogP contribution in [0, 0.1) is 11.8 Å². The van der Waals surface area contributed by atoms with Crippen molar-refractivity contribution < 1.29 is 23.9 Å². The van der Waals surface area contributed by atoms with Gasteiger partial charge in [0.05, 0.1) is 25.7 Å². The molecule has 1 N–H and O–H groups in total. The molecule has 2 atom stereocenters. The normalized spacial score (nSPS) is 19.2. The minimum absolute atomic E-state index is 0.0631. The maximum Gasteiger partial charge on any atom is 0.309 e. The monoisotopic (exact) mass is 395 g/mol. The van der Waals surface area contributed by atoms with Crippen LogP contribution in [0.1, 0.15) is 48.9 Å². The Hall–Kier alpha value is -2.08. The van der Waals surface area contributed by atoms with E-state index < -0.39 is 0 Å². The zero-order valence-electron chi connectivity index (χ0n) is 15.8. The molecule has 148 valence electrons. The van der Waals surface area contributed by atoms with Crippen LogP contribution in [0.2, 0.25) is 5.02 Å². The van der Waals surface area contributed by atoms with E-state index in [0.717, 1.165) is 25.7 Å². The molecule has 0 aromatic heterocycles. The van der Waals surface area contributed by atoms with E-state index in [2.05, 4.69) is 5.32 Å². The van der Waals surface area contributed by atoms with Crippen LogP contribution in [0.3, 0.4) is 0 Å². The third-order valence-corrected chi connectivity index (χ3v) is 5.25. The topological polar surface area (TPSA) is 81.7 Å². The maximum absolute atomic E-state index is 12.4. The largest absolute Gasteiger partial charge is 0.496 e. The number of halogens is 1. The van der Waals surface area contributed by atoms with Gasteiger partial charge >= 0.3 is 5.97 Å². The summed E-state index contributed by atoms with van der Waals surface area (Å²) in [6.07, 6.45) is 3.86. The number of methoxy groups -OCH3 is 2. The van der Waals surface area contributed by atoms with Gasteiger partial charge in [-0.05, 0) is 37.0 Å². The van der Waals surface area contributed by atoms with E-state index in [1.54, 1.807) is 18.2 Å². The molecule has 1 aliphatic rings. The molecule has 0 heterocycles. The molecule has 0 saturated heterocycles. The van der Waals surface area contributed by atoms with Crippen molar-refractivity contribution in [1.29, 1.82) is 0 Å². The lowest BCUT2D eigenvalue weighted by Gasteiger charge is -2.29. The summed E-state index contributed by atoms with van der Waals surface area (Å²) >= 11 is 5.94. The first-order chi connectivity index (χ1) is 13.0. The van der Waals surface area contributed by atoms with Crippen LogP contribution in [0.15, 0.2) is 18.2 Å². The van der Waals surface area contributed by atoms with Crippen molar-refractivity contribution in [1.82, 2.24) is 5.32 Å². The van der Waals surface area contributed by atoms with Crippen molar-refractivity contribution in [3.8, 4) is 5.75 Å². The number of ether oxygens (including phenoxy) is 2. The lowest BCUT2D eigenvalue weighted by atomic mass is 9.79. The summed E-state index contributed by atoms with van der Waals surface area (Å²) in [5.74, 6) is -0.265. The molecular weight excluding hydrogens is 370 g/mol. The molecule has 1 aromatic carbocycles. The first-order valence-electron chi connectivity index (χ1n) is 9.17. The van der Waals surface area contributed by atoms with Gasteiger partial charge in [0, 0.05) is 24.4 Å². The van der Waals surface area contributed by atoms with Gasteiger partial charge in [-0.25, -0.2) is 0 Å². The Morgan fingerprint density at radius 3 is 2.59 bits per heavy atom. The highest BCUT2D eigenvalue weighted by Crippen LogP contribution is 2.30. The molecule has 1 fully saturated rings. The second kappa shape index (κ2) is 10.3. The first-order valence-corrected chi connectivity index (χ1v) is 9.55. The zero-order chi connectivity index (χ0) is 19.8. The average Bonchev–Trinajstić information content (AvgIpc) is 2.69. The molecular formula is C20H26ClNO5. The molecule has 6 nitrogen and oxygen atoms in total. The molecule has 1 aliphatic carbocycles. The van der Waals surface area contributed by atoms with E-state index in [9.17, 15) is 14.4 Å². The number of esters is 1. The molecule has 2 rings (SSSR count). The molecule has 0 radical (unpaired) electrons. The van der Waals surface area contributed by atoms with Gasteiger partial charge in [0.2, 0.25) is 5.91 Å². The third-order valence-electron chi connectivity index (χ3n) is 5.02. The molecule has 2 unspecified atom stereocenters. The van der Waals surface area contributed by atoms with Gasteiger partial charge in [-0.2, -0.15) is 0 Å². The number of hydrogen-bond donors (Lipinski definition) is 1. The van der Waals surface area contributed by atoms with Gasteiger partial charge in [-0.1, -0.05) is 24.4 Å². The van der Waals surface area contributed by atoms with Gasteiger partial charge in [0.25, 0.3) is 0 Å². The summed E-state index contributed by atoms with van der Waals surface area (Å²) in [7, 11) is 2.87. The van der Waals surface area contributed by atoms with E-state index in [4.69, 9.17) is 21.1 Å². The Balaban J connectivity index is 1.84. The van der Waals surface area contributed by atoms with Gasteiger partial charge in [0.1, 0.15) is 5.75 Å². The highest BCUT2D eigenvalue weighted by molar-refractivity contribution is 6.31. The number of Topliss-reactive ketones (excluding diaryl/α,β-unsaturated/α-hetero) is 1. The van der Waals surface area contributed by atoms with Crippen molar-refractivity contribution in [3.05, 3.63) is 28.8 Å². The smallest absolute Gasteiger partial charge is 0.309 e. The fourth-order valence-corrected chi connectivity index (χ4v) is 3.68. The average molecular weight is 396 g/mol. The summed E-state index contributed by atoms with van der Waals surface area (Å²) in [6, 6.07) is 4.82. The predicted octanol–water partition coefficient (Wildman–Crippen LogP) is 3.41. The van der Waals surface area contributed by atoms with Crippen LogP contribution < -0.4 is 10.1 Å². The van der Waals surface area contributed by atoms with Gasteiger partial charge < -0.3 is 14.8 Å². The van der Waals surface area contributed by atoms with Crippen LogP contribution in [-0.2, 0) is 14.3 Å². The van der Waals surface area contributed by atoms with E-state index in [0.29, 0.717) is 22.9 Å². The Kier molecular flexibility index (Phi) is 8.10. The fraction of sp³-hybridized carbons (Fsp3) is 0.550. The summed E-state index contributed by atoms with van der Waals surface area (Å²) in [4.78, 5) is 36.4. The number of carbonyl (C=O) groups excluding carboxylic acids is 3. The Morgan fingerprint density at radius 1 is 1.15 bits per heavy atom. The maximum atomic E-state index is 12.4. The van der Waals surface area contributed by atoms with E-state index in [-0.39, 0.29) is 42.3 Å². The fourth-order valence-electron chi connectivity index (χ4n) is 3.51. The number of benzene rings is 1. The van der Waals surface area contributed by atoms with Gasteiger partial charge in [-0.15, -0.1) is 0 Å². The van der Waals surface area contributed by atoms with Crippen molar-refractivity contribution in [2.75, 3.05) is 20.8 Å². The molecule has 1 saturated carbocycles.